The quantitative estimate of drug-likeness (QED) is 0.516. The maximum absolute atomic E-state index is 12.8. The number of nitriles is 1. The van der Waals surface area contributed by atoms with Gasteiger partial charge in [-0.05, 0) is 31.0 Å². The highest BCUT2D eigenvalue weighted by molar-refractivity contribution is 6.33. The molecule has 1 aliphatic carbocycles. The van der Waals surface area contributed by atoms with Crippen molar-refractivity contribution >= 4 is 17.5 Å². The molecule has 1 atom stereocenters. The van der Waals surface area contributed by atoms with Gasteiger partial charge in [0.1, 0.15) is 12.4 Å². The Balaban J connectivity index is 1.87. The summed E-state index contributed by atoms with van der Waals surface area (Å²) in [6.45, 7) is -0.0643. The van der Waals surface area contributed by atoms with Gasteiger partial charge in [-0.1, -0.05) is 37.3 Å². The van der Waals surface area contributed by atoms with Crippen molar-refractivity contribution in [2.45, 2.75) is 57.7 Å². The number of aliphatic hydroxyl groups is 1. The van der Waals surface area contributed by atoms with Gasteiger partial charge in [-0.25, -0.2) is 4.79 Å². The highest BCUT2D eigenvalue weighted by atomic mass is 35.5. The SMILES string of the molecule is N#CCCn1c(=O)cnn(-c2ccc(Cl)c(C(=O)NC(O)C3CCCCCC3)c2)c1=O. The van der Waals surface area contributed by atoms with E-state index in [0.29, 0.717) is 0 Å². The molecule has 1 aromatic carbocycles. The van der Waals surface area contributed by atoms with Gasteiger partial charge >= 0.3 is 5.69 Å². The third-order valence-electron chi connectivity index (χ3n) is 5.47. The van der Waals surface area contributed by atoms with Crippen LogP contribution in [0.15, 0.2) is 34.0 Å². The smallest absolute Gasteiger partial charge is 0.352 e. The van der Waals surface area contributed by atoms with E-state index in [0.717, 1.165) is 54.0 Å². The van der Waals surface area contributed by atoms with E-state index in [-0.39, 0.29) is 35.2 Å². The average molecular weight is 446 g/mol. The average Bonchev–Trinajstić information content (AvgIpc) is 3.04. The lowest BCUT2D eigenvalue weighted by Crippen LogP contribution is -2.41. The Labute approximate surface area is 183 Å². The first kappa shape index (κ1) is 22.7. The molecule has 1 aliphatic rings. The van der Waals surface area contributed by atoms with Crippen molar-refractivity contribution in [2.75, 3.05) is 0 Å². The van der Waals surface area contributed by atoms with Gasteiger partial charge in [0, 0.05) is 12.5 Å². The van der Waals surface area contributed by atoms with Crippen LogP contribution in [0.1, 0.15) is 55.3 Å². The van der Waals surface area contributed by atoms with Crippen LogP contribution in [0.5, 0.6) is 0 Å². The van der Waals surface area contributed by atoms with Gasteiger partial charge in [-0.15, -0.1) is 0 Å². The van der Waals surface area contributed by atoms with Crippen molar-refractivity contribution in [3.05, 3.63) is 55.8 Å². The molecule has 0 saturated heterocycles. The summed E-state index contributed by atoms with van der Waals surface area (Å²) in [4.78, 5) is 37.4. The summed E-state index contributed by atoms with van der Waals surface area (Å²) in [5, 5.41) is 25.8. The van der Waals surface area contributed by atoms with Crippen molar-refractivity contribution in [1.82, 2.24) is 19.7 Å². The summed E-state index contributed by atoms with van der Waals surface area (Å²) in [5.41, 5.74) is -1.03. The topological polar surface area (TPSA) is 130 Å². The molecule has 10 heteroatoms. The first-order valence-corrected chi connectivity index (χ1v) is 10.6. The largest absolute Gasteiger partial charge is 0.373 e. The molecular formula is C21H24ClN5O4. The first-order chi connectivity index (χ1) is 14.9. The van der Waals surface area contributed by atoms with E-state index < -0.39 is 23.4 Å². The molecule has 2 aromatic rings. The molecule has 31 heavy (non-hydrogen) atoms. The maximum Gasteiger partial charge on any atom is 0.352 e. The molecule has 1 unspecified atom stereocenters. The number of rotatable bonds is 6. The molecule has 3 rings (SSSR count). The lowest BCUT2D eigenvalue weighted by molar-refractivity contribution is 0.0532. The zero-order valence-corrected chi connectivity index (χ0v) is 17.7. The maximum atomic E-state index is 12.8. The lowest BCUT2D eigenvalue weighted by atomic mass is 9.98. The molecule has 9 nitrogen and oxygen atoms in total. The van der Waals surface area contributed by atoms with E-state index in [1.807, 2.05) is 6.07 Å². The minimum atomic E-state index is -0.987. The van der Waals surface area contributed by atoms with Crippen LogP contribution >= 0.6 is 11.6 Å². The fraction of sp³-hybridized carbons (Fsp3) is 0.476. The summed E-state index contributed by atoms with van der Waals surface area (Å²) in [5.74, 6) is -0.573. The van der Waals surface area contributed by atoms with Gasteiger partial charge in [0.15, 0.2) is 0 Å². The van der Waals surface area contributed by atoms with Crippen molar-refractivity contribution in [3.63, 3.8) is 0 Å². The molecule has 2 N–H and O–H groups in total. The molecule has 1 aromatic heterocycles. The number of carbonyl (C=O) groups is 1. The fourth-order valence-corrected chi connectivity index (χ4v) is 3.96. The van der Waals surface area contributed by atoms with E-state index in [9.17, 15) is 19.5 Å². The third kappa shape index (κ3) is 5.40. The highest BCUT2D eigenvalue weighted by Crippen LogP contribution is 2.25. The second kappa shape index (κ2) is 10.4. The Bertz CT molecular complexity index is 1100. The number of hydrogen-bond donors (Lipinski definition) is 2. The van der Waals surface area contributed by atoms with E-state index in [4.69, 9.17) is 16.9 Å². The molecule has 0 radical (unpaired) electrons. The monoisotopic (exact) mass is 445 g/mol. The van der Waals surface area contributed by atoms with E-state index >= 15 is 0 Å². The van der Waals surface area contributed by atoms with Gasteiger partial charge in [0.05, 0.1) is 28.8 Å². The molecule has 0 bridgehead atoms. The molecule has 1 saturated carbocycles. The van der Waals surface area contributed by atoms with Crippen molar-refractivity contribution in [3.8, 4) is 11.8 Å². The summed E-state index contributed by atoms with van der Waals surface area (Å²) >= 11 is 6.20. The lowest BCUT2D eigenvalue weighted by Gasteiger charge is -2.22. The Morgan fingerprint density at radius 1 is 1.29 bits per heavy atom. The summed E-state index contributed by atoms with van der Waals surface area (Å²) in [7, 11) is 0. The number of carbonyl (C=O) groups excluding carboxylic acids is 1. The Hall–Kier alpha value is -2.96. The Morgan fingerprint density at radius 3 is 2.68 bits per heavy atom. The zero-order valence-electron chi connectivity index (χ0n) is 17.0. The first-order valence-electron chi connectivity index (χ1n) is 10.3. The van der Waals surface area contributed by atoms with Crippen LogP contribution in [0.2, 0.25) is 5.02 Å². The van der Waals surface area contributed by atoms with Gasteiger partial charge in [-0.2, -0.15) is 15.0 Å². The number of halogens is 1. The Kier molecular flexibility index (Phi) is 7.60. The fourth-order valence-electron chi connectivity index (χ4n) is 3.76. The number of nitrogens with one attached hydrogen (secondary N) is 1. The number of aliphatic hydroxyl groups excluding tert-OH is 1. The summed E-state index contributed by atoms with van der Waals surface area (Å²) < 4.78 is 1.87. The van der Waals surface area contributed by atoms with Crippen LogP contribution in [-0.4, -0.2) is 31.6 Å². The van der Waals surface area contributed by atoms with Crippen molar-refractivity contribution < 1.29 is 9.90 Å². The van der Waals surface area contributed by atoms with E-state index in [1.165, 1.54) is 18.2 Å². The number of amides is 1. The molecule has 164 valence electrons. The predicted molar refractivity (Wildman–Crippen MR) is 114 cm³/mol. The summed E-state index contributed by atoms with van der Waals surface area (Å²) in [6, 6.07) is 6.21. The zero-order chi connectivity index (χ0) is 22.4. The predicted octanol–water partition coefficient (Wildman–Crippen LogP) is 1.98. The van der Waals surface area contributed by atoms with Crippen molar-refractivity contribution in [1.29, 1.82) is 5.26 Å². The number of nitrogens with zero attached hydrogens (tertiary/aromatic N) is 4. The number of hydrogen-bond acceptors (Lipinski definition) is 6. The van der Waals surface area contributed by atoms with Crippen molar-refractivity contribution in [2.24, 2.45) is 5.92 Å². The molecular weight excluding hydrogens is 422 g/mol. The van der Waals surface area contributed by atoms with E-state index in [1.54, 1.807) is 0 Å². The molecule has 0 spiro atoms. The molecule has 0 aliphatic heterocycles. The molecule has 1 amide bonds. The highest BCUT2D eigenvalue weighted by Gasteiger charge is 2.24. The van der Waals surface area contributed by atoms with Gasteiger partial charge in [0.25, 0.3) is 11.5 Å². The molecule has 1 heterocycles. The van der Waals surface area contributed by atoms with E-state index in [2.05, 4.69) is 10.4 Å². The minimum absolute atomic E-state index is 0.00745. The third-order valence-corrected chi connectivity index (χ3v) is 5.80. The number of benzene rings is 1. The van der Waals surface area contributed by atoms with Crippen LogP contribution < -0.4 is 16.6 Å². The van der Waals surface area contributed by atoms with Crippen LogP contribution in [0.4, 0.5) is 0 Å². The van der Waals surface area contributed by atoms with Gasteiger partial charge < -0.3 is 10.4 Å². The molecule has 1 fully saturated rings. The number of aromatic nitrogens is 3. The Morgan fingerprint density at radius 2 is 2.00 bits per heavy atom. The minimum Gasteiger partial charge on any atom is -0.373 e. The van der Waals surface area contributed by atoms with Gasteiger partial charge in [0.2, 0.25) is 0 Å². The second-order valence-corrected chi connectivity index (χ2v) is 7.98. The van der Waals surface area contributed by atoms with Gasteiger partial charge in [-0.3, -0.25) is 14.2 Å². The van der Waals surface area contributed by atoms with Crippen LogP contribution in [0.25, 0.3) is 5.69 Å². The van der Waals surface area contributed by atoms with Crippen LogP contribution in [0, 0.1) is 17.2 Å². The standard InChI is InChI=1S/C21H24ClN5O4/c22-17-9-8-15(27-21(31)26(11-5-10-23)18(28)13-24-27)12-16(17)20(30)25-19(29)14-6-3-1-2-4-7-14/h8-9,12-14,19,29H,1-7,11H2,(H,25,30). The van der Waals surface area contributed by atoms with Crippen LogP contribution in [-0.2, 0) is 6.54 Å². The normalized spacial score (nSPS) is 15.6. The van der Waals surface area contributed by atoms with Crippen LogP contribution in [0.3, 0.4) is 0 Å². The summed E-state index contributed by atoms with van der Waals surface area (Å²) in [6.07, 6.45) is 5.96. The second-order valence-electron chi connectivity index (χ2n) is 7.57.